The van der Waals surface area contributed by atoms with Gasteiger partial charge in [0.1, 0.15) is 5.82 Å². The van der Waals surface area contributed by atoms with Gasteiger partial charge >= 0.3 is 0 Å². The molecular formula is C24H24N8O. The van der Waals surface area contributed by atoms with Crippen LogP contribution >= 0.6 is 0 Å². The zero-order chi connectivity index (χ0) is 22.4. The monoisotopic (exact) mass is 440 g/mol. The summed E-state index contributed by atoms with van der Waals surface area (Å²) in [5, 5.41) is 10.7. The summed E-state index contributed by atoms with van der Waals surface area (Å²) in [4.78, 5) is 26.5. The molecule has 5 heterocycles. The van der Waals surface area contributed by atoms with E-state index in [2.05, 4.69) is 48.6 Å². The first-order valence-corrected chi connectivity index (χ1v) is 11.1. The number of nitrogens with zero attached hydrogens (tertiary/aromatic N) is 6. The van der Waals surface area contributed by atoms with Crippen LogP contribution in [0.1, 0.15) is 15.9 Å². The fraction of sp³-hybridized carbons (Fsp3) is 0.250. The van der Waals surface area contributed by atoms with Gasteiger partial charge in [0.25, 0.3) is 5.91 Å². The second-order valence-corrected chi connectivity index (χ2v) is 8.46. The first kappa shape index (κ1) is 19.7. The Kier molecular flexibility index (Phi) is 4.69. The molecule has 2 aliphatic rings. The van der Waals surface area contributed by atoms with E-state index in [1.54, 1.807) is 16.9 Å². The summed E-state index contributed by atoms with van der Waals surface area (Å²) >= 11 is 0. The van der Waals surface area contributed by atoms with Crippen LogP contribution in [0, 0.1) is 0 Å². The van der Waals surface area contributed by atoms with Gasteiger partial charge in [-0.3, -0.25) is 4.79 Å². The summed E-state index contributed by atoms with van der Waals surface area (Å²) in [6.45, 7) is 4.57. The smallest absolute Gasteiger partial charge is 0.254 e. The third-order valence-corrected chi connectivity index (χ3v) is 6.41. The van der Waals surface area contributed by atoms with Gasteiger partial charge in [0, 0.05) is 50.7 Å². The van der Waals surface area contributed by atoms with Crippen molar-refractivity contribution in [2.75, 3.05) is 43.4 Å². The van der Waals surface area contributed by atoms with E-state index in [9.17, 15) is 4.79 Å². The second kappa shape index (κ2) is 7.86. The van der Waals surface area contributed by atoms with E-state index in [1.165, 1.54) is 0 Å². The third kappa shape index (κ3) is 3.46. The van der Waals surface area contributed by atoms with Crippen LogP contribution in [-0.2, 0) is 6.54 Å². The number of anilines is 3. The highest BCUT2D eigenvalue weighted by Crippen LogP contribution is 2.36. The summed E-state index contributed by atoms with van der Waals surface area (Å²) in [7, 11) is 2.15. The van der Waals surface area contributed by atoms with Crippen LogP contribution < -0.4 is 15.5 Å². The van der Waals surface area contributed by atoms with Crippen molar-refractivity contribution in [1.82, 2.24) is 29.8 Å². The molecule has 0 saturated carbocycles. The number of rotatable bonds is 4. The average molecular weight is 441 g/mol. The maximum absolute atomic E-state index is 12.7. The molecule has 1 amide bonds. The molecule has 0 spiro atoms. The number of aromatic nitrogens is 4. The van der Waals surface area contributed by atoms with Gasteiger partial charge in [0.05, 0.1) is 29.3 Å². The van der Waals surface area contributed by atoms with Crippen molar-refractivity contribution < 1.29 is 4.79 Å². The molecule has 6 rings (SSSR count). The van der Waals surface area contributed by atoms with Crippen LogP contribution in [0.3, 0.4) is 0 Å². The molecule has 0 atom stereocenters. The Morgan fingerprint density at radius 2 is 1.88 bits per heavy atom. The van der Waals surface area contributed by atoms with E-state index in [1.807, 2.05) is 36.7 Å². The van der Waals surface area contributed by atoms with Crippen LogP contribution in [0.2, 0.25) is 0 Å². The molecule has 9 heteroatoms. The predicted molar refractivity (Wildman–Crippen MR) is 127 cm³/mol. The molecule has 1 aromatic carbocycles. The number of hydrogen-bond acceptors (Lipinski definition) is 7. The summed E-state index contributed by atoms with van der Waals surface area (Å²) < 4.78 is 1.74. The molecule has 33 heavy (non-hydrogen) atoms. The minimum absolute atomic E-state index is 0.0900. The Morgan fingerprint density at radius 1 is 1.00 bits per heavy atom. The largest absolute Gasteiger partial charge is 0.368 e. The molecule has 0 aliphatic carbocycles. The van der Waals surface area contributed by atoms with Crippen LogP contribution in [0.25, 0.3) is 16.8 Å². The molecule has 1 fully saturated rings. The second-order valence-electron chi connectivity index (χ2n) is 8.46. The minimum Gasteiger partial charge on any atom is -0.368 e. The lowest BCUT2D eigenvalue weighted by Crippen LogP contribution is -2.44. The predicted octanol–water partition coefficient (Wildman–Crippen LogP) is 2.53. The van der Waals surface area contributed by atoms with Gasteiger partial charge in [-0.15, -0.1) is 0 Å². The third-order valence-electron chi connectivity index (χ3n) is 6.41. The number of benzene rings is 1. The highest BCUT2D eigenvalue weighted by Gasteiger charge is 2.27. The maximum Gasteiger partial charge on any atom is 0.254 e. The number of pyridine rings is 1. The Bertz CT molecular complexity index is 1340. The first-order valence-electron chi connectivity index (χ1n) is 11.1. The minimum atomic E-state index is -0.0900. The lowest BCUT2D eigenvalue weighted by Gasteiger charge is -2.33. The number of hydrogen-bond donors (Lipinski definition) is 2. The molecule has 0 radical (unpaired) electrons. The van der Waals surface area contributed by atoms with E-state index < -0.39 is 0 Å². The molecule has 2 N–H and O–H groups in total. The van der Waals surface area contributed by atoms with Crippen molar-refractivity contribution in [3.05, 3.63) is 66.2 Å². The SMILES string of the molecule is CN1CCN(c2ccc(Nc3ccc(-c4cnn5cccnc45)c4c3C(=O)NC4)nc2)CC1. The lowest BCUT2D eigenvalue weighted by molar-refractivity contribution is 0.0966. The molecule has 166 valence electrons. The van der Waals surface area contributed by atoms with Gasteiger partial charge < -0.3 is 20.4 Å². The summed E-state index contributed by atoms with van der Waals surface area (Å²) in [5.74, 6) is 0.619. The van der Waals surface area contributed by atoms with Gasteiger partial charge in [-0.1, -0.05) is 6.07 Å². The quantitative estimate of drug-likeness (QED) is 0.504. The van der Waals surface area contributed by atoms with Crippen molar-refractivity contribution in [3.63, 3.8) is 0 Å². The van der Waals surface area contributed by atoms with Gasteiger partial charge in [-0.25, -0.2) is 14.5 Å². The fourth-order valence-electron chi connectivity index (χ4n) is 4.57. The van der Waals surface area contributed by atoms with Crippen LogP contribution in [0.5, 0.6) is 0 Å². The van der Waals surface area contributed by atoms with Crippen molar-refractivity contribution in [3.8, 4) is 11.1 Å². The highest BCUT2D eigenvalue weighted by molar-refractivity contribution is 6.06. The maximum atomic E-state index is 12.7. The van der Waals surface area contributed by atoms with Crippen molar-refractivity contribution in [2.24, 2.45) is 0 Å². The van der Waals surface area contributed by atoms with Gasteiger partial charge in [-0.2, -0.15) is 5.10 Å². The van der Waals surface area contributed by atoms with E-state index in [0.29, 0.717) is 17.9 Å². The van der Waals surface area contributed by atoms with Gasteiger partial charge in [-0.05, 0) is 42.4 Å². The summed E-state index contributed by atoms with van der Waals surface area (Å²) in [6, 6.07) is 9.84. The first-order chi connectivity index (χ1) is 16.2. The van der Waals surface area contributed by atoms with E-state index in [-0.39, 0.29) is 5.91 Å². The lowest BCUT2D eigenvalue weighted by atomic mass is 9.97. The van der Waals surface area contributed by atoms with E-state index >= 15 is 0 Å². The van der Waals surface area contributed by atoms with E-state index in [4.69, 9.17) is 0 Å². The van der Waals surface area contributed by atoms with Crippen molar-refractivity contribution in [1.29, 1.82) is 0 Å². The number of piperazine rings is 1. The summed E-state index contributed by atoms with van der Waals surface area (Å²) in [6.07, 6.45) is 7.31. The molecule has 9 nitrogen and oxygen atoms in total. The number of likely N-dealkylation sites (N-methyl/N-ethyl adjacent to an activating group) is 1. The fourth-order valence-corrected chi connectivity index (χ4v) is 4.57. The average Bonchev–Trinajstić information content (AvgIpc) is 3.45. The number of fused-ring (bicyclic) bond motifs is 2. The standard InChI is InChI=1S/C24H24N8O/c1-30-9-11-31(12-10-30)16-3-6-21(26-13-16)29-20-5-4-17(18-14-27-24(33)22(18)20)19-15-28-32-8-2-7-25-23(19)32/h2-8,13,15H,9-12,14H2,1H3,(H,26,29)(H,27,33). The summed E-state index contributed by atoms with van der Waals surface area (Å²) in [5.41, 5.74) is 6.08. The van der Waals surface area contributed by atoms with Gasteiger partial charge in [0.2, 0.25) is 0 Å². The van der Waals surface area contributed by atoms with Crippen molar-refractivity contribution in [2.45, 2.75) is 6.54 Å². The Balaban J connectivity index is 1.31. The Hall–Kier alpha value is -3.98. The number of carbonyl (C=O) groups excluding carboxylic acids is 1. The molecular weight excluding hydrogens is 416 g/mol. The number of nitrogens with one attached hydrogen (secondary N) is 2. The van der Waals surface area contributed by atoms with E-state index in [0.717, 1.165) is 59.9 Å². The Labute approximate surface area is 191 Å². The topological polar surface area (TPSA) is 90.7 Å². The normalized spacial score (nSPS) is 16.2. The van der Waals surface area contributed by atoms with Crippen LogP contribution in [0.4, 0.5) is 17.2 Å². The molecule has 1 saturated heterocycles. The highest BCUT2D eigenvalue weighted by atomic mass is 16.1. The molecule has 0 unspecified atom stereocenters. The molecule has 0 bridgehead atoms. The molecule has 2 aliphatic heterocycles. The molecule has 3 aromatic heterocycles. The van der Waals surface area contributed by atoms with Crippen molar-refractivity contribution >= 4 is 28.7 Å². The number of amides is 1. The van der Waals surface area contributed by atoms with Crippen LogP contribution in [-0.4, -0.2) is 63.6 Å². The molecule has 4 aromatic rings. The van der Waals surface area contributed by atoms with Crippen LogP contribution in [0.15, 0.2) is 55.1 Å². The zero-order valence-corrected chi connectivity index (χ0v) is 18.3. The van der Waals surface area contributed by atoms with Gasteiger partial charge in [0.15, 0.2) is 5.65 Å². The zero-order valence-electron chi connectivity index (χ0n) is 18.3. The Morgan fingerprint density at radius 3 is 2.70 bits per heavy atom. The number of carbonyl (C=O) groups is 1.